The van der Waals surface area contributed by atoms with Crippen LogP contribution in [0, 0.1) is 5.82 Å². The molecule has 0 amide bonds. The Morgan fingerprint density at radius 1 is 1.30 bits per heavy atom. The van der Waals surface area contributed by atoms with Crippen molar-refractivity contribution < 1.29 is 23.5 Å². The smallest absolute Gasteiger partial charge is 0.343 e. The molecule has 1 aromatic carbocycles. The van der Waals surface area contributed by atoms with Crippen LogP contribution < -0.4 is 10.1 Å². The average Bonchev–Trinajstić information content (AvgIpc) is 3.35. The van der Waals surface area contributed by atoms with Crippen LogP contribution in [0.1, 0.15) is 23.2 Å². The summed E-state index contributed by atoms with van der Waals surface area (Å²) in [6.45, 7) is 0. The zero-order chi connectivity index (χ0) is 17.1. The first-order valence-electron chi connectivity index (χ1n) is 6.71. The Labute approximate surface area is 142 Å². The second-order valence-corrected chi connectivity index (χ2v) is 5.64. The highest BCUT2D eigenvalue weighted by Crippen LogP contribution is 2.38. The Morgan fingerprint density at radius 3 is 2.48 bits per heavy atom. The summed E-state index contributed by atoms with van der Waals surface area (Å²) in [6.07, 6.45) is 3.16. The number of hydrogen-bond acceptors (Lipinski definition) is 5. The van der Waals surface area contributed by atoms with Crippen LogP contribution >= 0.6 is 23.2 Å². The normalized spacial score (nSPS) is 14.4. The molecule has 2 rings (SSSR count). The zero-order valence-corrected chi connectivity index (χ0v) is 13.9. The van der Waals surface area contributed by atoms with Gasteiger partial charge in [0, 0.05) is 17.8 Å². The van der Waals surface area contributed by atoms with Gasteiger partial charge < -0.3 is 14.8 Å². The number of ether oxygens (including phenoxy) is 2. The molecule has 1 saturated carbocycles. The molecule has 1 aliphatic carbocycles. The van der Waals surface area contributed by atoms with E-state index < -0.39 is 17.6 Å². The number of benzene rings is 1. The van der Waals surface area contributed by atoms with E-state index in [2.05, 4.69) is 10.1 Å². The lowest BCUT2D eigenvalue weighted by molar-refractivity contribution is -0.135. The molecule has 0 radical (unpaired) electrons. The summed E-state index contributed by atoms with van der Waals surface area (Å²) >= 11 is 11.8. The lowest BCUT2D eigenvalue weighted by Gasteiger charge is -2.12. The number of Topliss-reactive ketones (excluding diaryl/α,β-unsaturated/α-hetero) is 1. The van der Waals surface area contributed by atoms with E-state index in [0.717, 1.165) is 26.0 Å². The number of ketones is 1. The summed E-state index contributed by atoms with van der Waals surface area (Å²) in [5, 5.41) is 2.40. The van der Waals surface area contributed by atoms with Gasteiger partial charge in [-0.15, -0.1) is 0 Å². The Kier molecular flexibility index (Phi) is 5.49. The van der Waals surface area contributed by atoms with Gasteiger partial charge in [-0.25, -0.2) is 9.18 Å². The molecule has 5 nitrogen and oxygen atoms in total. The molecule has 0 bridgehead atoms. The molecule has 0 heterocycles. The Hall–Kier alpha value is -1.79. The van der Waals surface area contributed by atoms with Gasteiger partial charge in [0.1, 0.15) is 16.4 Å². The van der Waals surface area contributed by atoms with E-state index in [1.807, 2.05) is 0 Å². The van der Waals surface area contributed by atoms with E-state index in [-0.39, 0.29) is 33.0 Å². The van der Waals surface area contributed by atoms with Gasteiger partial charge in [0.15, 0.2) is 5.75 Å². The van der Waals surface area contributed by atoms with Crippen LogP contribution in [0.5, 0.6) is 5.75 Å². The fourth-order valence-electron chi connectivity index (χ4n) is 1.85. The van der Waals surface area contributed by atoms with E-state index in [1.165, 1.54) is 13.3 Å². The summed E-state index contributed by atoms with van der Waals surface area (Å²) < 4.78 is 23.4. The number of hydrogen-bond donors (Lipinski definition) is 1. The quantitative estimate of drug-likeness (QED) is 0.210. The molecule has 1 aromatic rings. The summed E-state index contributed by atoms with van der Waals surface area (Å²) in [5.74, 6) is -2.69. The zero-order valence-electron chi connectivity index (χ0n) is 12.4. The Balaban J connectivity index is 2.45. The maximum absolute atomic E-state index is 13.9. The van der Waals surface area contributed by atoms with Gasteiger partial charge in [-0.05, 0) is 18.9 Å². The molecule has 1 fully saturated rings. The molecular weight excluding hydrogens is 348 g/mol. The lowest BCUT2D eigenvalue weighted by atomic mass is 10.0. The average molecular weight is 362 g/mol. The van der Waals surface area contributed by atoms with Crippen LogP contribution in [-0.2, 0) is 9.53 Å². The number of halogens is 3. The van der Waals surface area contributed by atoms with Crippen molar-refractivity contribution in [1.82, 2.24) is 5.32 Å². The third-order valence-electron chi connectivity index (χ3n) is 3.26. The van der Waals surface area contributed by atoms with Crippen LogP contribution in [0.15, 0.2) is 17.8 Å². The minimum atomic E-state index is -0.879. The highest BCUT2D eigenvalue weighted by Gasteiger charge is 2.28. The van der Waals surface area contributed by atoms with Crippen molar-refractivity contribution in [2.24, 2.45) is 0 Å². The van der Waals surface area contributed by atoms with E-state index >= 15 is 0 Å². The standard InChI is InChI=1S/C15H14Cl2FNO4/c1-22-14-11(16)8(5-10(18)12(14)17)13(20)9(15(21)23-2)6-19-7-3-4-7/h5-7,19H,3-4H2,1-2H3. The van der Waals surface area contributed by atoms with Crippen molar-refractivity contribution in [1.29, 1.82) is 0 Å². The number of methoxy groups -OCH3 is 2. The summed E-state index contributed by atoms with van der Waals surface area (Å²) in [4.78, 5) is 24.4. The molecule has 1 aliphatic rings. The molecule has 23 heavy (non-hydrogen) atoms. The molecule has 0 aliphatic heterocycles. The predicted molar refractivity (Wildman–Crippen MR) is 83.6 cm³/mol. The highest BCUT2D eigenvalue weighted by atomic mass is 35.5. The first-order valence-corrected chi connectivity index (χ1v) is 7.47. The Bertz CT molecular complexity index is 687. The molecule has 0 aromatic heterocycles. The lowest BCUT2D eigenvalue weighted by Crippen LogP contribution is -2.20. The molecule has 124 valence electrons. The highest BCUT2D eigenvalue weighted by molar-refractivity contribution is 6.41. The summed E-state index contributed by atoms with van der Waals surface area (Å²) in [7, 11) is 2.39. The third kappa shape index (κ3) is 3.76. The minimum absolute atomic E-state index is 0.170. The second-order valence-electron chi connectivity index (χ2n) is 4.89. The molecule has 0 atom stereocenters. The van der Waals surface area contributed by atoms with Crippen molar-refractivity contribution in [2.45, 2.75) is 18.9 Å². The number of carbonyl (C=O) groups excluding carboxylic acids is 2. The van der Waals surface area contributed by atoms with Crippen molar-refractivity contribution in [2.75, 3.05) is 14.2 Å². The van der Waals surface area contributed by atoms with Gasteiger partial charge >= 0.3 is 5.97 Å². The number of rotatable bonds is 6. The molecule has 8 heteroatoms. The molecular formula is C15H14Cl2FNO4. The van der Waals surface area contributed by atoms with Crippen molar-refractivity contribution >= 4 is 35.0 Å². The monoisotopic (exact) mass is 361 g/mol. The van der Waals surface area contributed by atoms with Gasteiger partial charge in [0.05, 0.1) is 19.2 Å². The van der Waals surface area contributed by atoms with Crippen LogP contribution in [0.25, 0.3) is 0 Å². The summed E-state index contributed by atoms with van der Waals surface area (Å²) in [5.41, 5.74) is -0.523. The van der Waals surface area contributed by atoms with Gasteiger partial charge in [0.2, 0.25) is 5.78 Å². The Morgan fingerprint density at radius 2 is 1.96 bits per heavy atom. The van der Waals surface area contributed by atoms with Gasteiger partial charge in [0.25, 0.3) is 0 Å². The molecule has 1 N–H and O–H groups in total. The van der Waals surface area contributed by atoms with E-state index in [0.29, 0.717) is 0 Å². The second kappa shape index (κ2) is 7.19. The maximum atomic E-state index is 13.9. The molecule has 0 saturated heterocycles. The maximum Gasteiger partial charge on any atom is 0.343 e. The fraction of sp³-hybridized carbons (Fsp3) is 0.333. The molecule has 0 spiro atoms. The topological polar surface area (TPSA) is 64.6 Å². The van der Waals surface area contributed by atoms with Crippen LogP contribution in [0.4, 0.5) is 4.39 Å². The minimum Gasteiger partial charge on any atom is -0.493 e. The first kappa shape index (κ1) is 17.6. The van der Waals surface area contributed by atoms with E-state index in [4.69, 9.17) is 27.9 Å². The number of nitrogens with one attached hydrogen (secondary N) is 1. The van der Waals surface area contributed by atoms with Gasteiger partial charge in [-0.2, -0.15) is 0 Å². The van der Waals surface area contributed by atoms with E-state index in [1.54, 1.807) is 0 Å². The first-order chi connectivity index (χ1) is 10.9. The number of carbonyl (C=O) groups is 2. The van der Waals surface area contributed by atoms with Crippen LogP contribution in [-0.4, -0.2) is 32.0 Å². The third-order valence-corrected chi connectivity index (χ3v) is 3.98. The largest absolute Gasteiger partial charge is 0.493 e. The predicted octanol–water partition coefficient (Wildman–Crippen LogP) is 3.13. The van der Waals surface area contributed by atoms with Crippen molar-refractivity contribution in [3.05, 3.63) is 39.3 Å². The van der Waals surface area contributed by atoms with E-state index in [9.17, 15) is 14.0 Å². The van der Waals surface area contributed by atoms with Crippen molar-refractivity contribution in [3.8, 4) is 5.75 Å². The van der Waals surface area contributed by atoms with Crippen molar-refractivity contribution in [3.63, 3.8) is 0 Å². The van der Waals surface area contributed by atoms with Crippen LogP contribution in [0.2, 0.25) is 10.0 Å². The van der Waals surface area contributed by atoms with Crippen LogP contribution in [0.3, 0.4) is 0 Å². The van der Waals surface area contributed by atoms with Gasteiger partial charge in [-0.1, -0.05) is 23.2 Å². The van der Waals surface area contributed by atoms with Gasteiger partial charge in [-0.3, -0.25) is 4.79 Å². The molecule has 0 unspecified atom stereocenters. The SMILES string of the molecule is COC(=O)C(=CNC1CC1)C(=O)c1cc(F)c(Cl)c(OC)c1Cl. The number of esters is 1. The summed E-state index contributed by atoms with van der Waals surface area (Å²) in [6, 6.07) is 1.08. The fourth-order valence-corrected chi connectivity index (χ4v) is 2.43.